The van der Waals surface area contributed by atoms with Crippen LogP contribution in [0.4, 0.5) is 0 Å². The number of nitrogens with zero attached hydrogens (tertiary/aromatic N) is 2. The van der Waals surface area contributed by atoms with E-state index in [1.54, 1.807) is 17.0 Å². The Morgan fingerprint density at radius 3 is 2.42 bits per heavy atom. The Hall–Kier alpha value is -2.05. The van der Waals surface area contributed by atoms with E-state index in [1.807, 2.05) is 59.0 Å². The highest BCUT2D eigenvalue weighted by atomic mass is 16.7. The number of hydrogen-bond acceptors (Lipinski definition) is 4. The zero-order valence-corrected chi connectivity index (χ0v) is 14.9. The van der Waals surface area contributed by atoms with Crippen LogP contribution in [-0.4, -0.2) is 28.1 Å². The van der Waals surface area contributed by atoms with Crippen LogP contribution in [0.2, 0.25) is 0 Å². The van der Waals surface area contributed by atoms with Crippen molar-refractivity contribution in [2.45, 2.75) is 38.9 Å². The third-order valence-electron chi connectivity index (χ3n) is 4.76. The summed E-state index contributed by atoms with van der Waals surface area (Å²) >= 11 is 0. The van der Waals surface area contributed by atoms with E-state index in [0.717, 1.165) is 11.0 Å². The molecule has 0 radical (unpaired) electrons. The summed E-state index contributed by atoms with van der Waals surface area (Å²) in [6.45, 7) is 11.9. The normalized spacial score (nSPS) is 18.6. The first-order valence-electron chi connectivity index (χ1n) is 8.02. The number of rotatable bonds is 4. The molecule has 1 fully saturated rings. The predicted molar refractivity (Wildman–Crippen MR) is 95.5 cm³/mol. The molecule has 0 atom stereocenters. The largest absolute Gasteiger partial charge is 0.502 e. The number of hydrogen-bond donors (Lipinski definition) is 0. The maximum Gasteiger partial charge on any atom is 0.502 e. The summed E-state index contributed by atoms with van der Waals surface area (Å²) in [6.07, 6.45) is 3.49. The van der Waals surface area contributed by atoms with Crippen molar-refractivity contribution in [3.63, 3.8) is 0 Å². The molecule has 6 heteroatoms. The number of benzene rings is 1. The van der Waals surface area contributed by atoms with E-state index < -0.39 is 18.3 Å². The van der Waals surface area contributed by atoms with Crippen LogP contribution in [0.5, 0.6) is 11.6 Å². The van der Waals surface area contributed by atoms with Gasteiger partial charge in [-0.1, -0.05) is 30.9 Å². The van der Waals surface area contributed by atoms with E-state index >= 15 is 0 Å². The number of aryl methyl sites for hydroxylation is 1. The molecule has 24 heavy (non-hydrogen) atoms. The highest BCUT2D eigenvalue weighted by molar-refractivity contribution is 6.63. The van der Waals surface area contributed by atoms with Crippen LogP contribution in [0.1, 0.15) is 33.3 Å². The summed E-state index contributed by atoms with van der Waals surface area (Å²) in [7, 11) is 1.32. The molecule has 0 spiro atoms. The van der Waals surface area contributed by atoms with Gasteiger partial charge in [-0.25, -0.2) is 4.68 Å². The SMILES string of the molecule is C=Cc1ccccc1Oc1c(B2OC(C)(C)C(C)(C)O2)cnn1C. The Balaban J connectivity index is 1.95. The molecule has 126 valence electrons. The number of para-hydroxylation sites is 1. The van der Waals surface area contributed by atoms with Crippen molar-refractivity contribution in [3.8, 4) is 11.6 Å². The van der Waals surface area contributed by atoms with Crippen LogP contribution in [0.25, 0.3) is 6.08 Å². The van der Waals surface area contributed by atoms with E-state index in [0.29, 0.717) is 11.6 Å². The molecule has 2 aromatic rings. The topological polar surface area (TPSA) is 45.5 Å². The summed E-state index contributed by atoms with van der Waals surface area (Å²) in [4.78, 5) is 0. The molecule has 0 saturated carbocycles. The first kappa shape index (κ1) is 16.8. The van der Waals surface area contributed by atoms with Crippen LogP contribution in [0.15, 0.2) is 37.0 Å². The third-order valence-corrected chi connectivity index (χ3v) is 4.76. The molecule has 5 nitrogen and oxygen atoms in total. The molecule has 1 aromatic heterocycles. The highest BCUT2D eigenvalue weighted by Gasteiger charge is 2.53. The zero-order valence-electron chi connectivity index (χ0n) is 14.9. The molecule has 1 aliphatic rings. The van der Waals surface area contributed by atoms with Crippen LogP contribution >= 0.6 is 0 Å². The number of aromatic nitrogens is 2. The Labute approximate surface area is 143 Å². The van der Waals surface area contributed by atoms with E-state index in [9.17, 15) is 0 Å². The predicted octanol–water partition coefficient (Wildman–Crippen LogP) is 3.15. The molecule has 0 aliphatic carbocycles. The lowest BCUT2D eigenvalue weighted by Crippen LogP contribution is -2.41. The van der Waals surface area contributed by atoms with Crippen molar-refractivity contribution >= 4 is 18.7 Å². The molecule has 0 bridgehead atoms. The van der Waals surface area contributed by atoms with Crippen LogP contribution in [0, 0.1) is 0 Å². The van der Waals surface area contributed by atoms with Gasteiger partial charge in [0.25, 0.3) is 0 Å². The molecule has 3 rings (SSSR count). The fraction of sp³-hybridized carbons (Fsp3) is 0.389. The van der Waals surface area contributed by atoms with E-state index in [2.05, 4.69) is 11.7 Å². The van der Waals surface area contributed by atoms with Gasteiger partial charge in [-0.2, -0.15) is 5.10 Å². The van der Waals surface area contributed by atoms with Gasteiger partial charge in [-0.05, 0) is 33.8 Å². The summed E-state index contributed by atoms with van der Waals surface area (Å²) in [5, 5.41) is 4.31. The Bertz CT molecular complexity index is 751. The standard InChI is InChI=1S/C18H23BN2O3/c1-7-13-10-8-9-11-15(13)22-16-14(12-20-21(16)6)19-23-17(2,3)18(4,5)24-19/h7-12H,1H2,2-6H3. The first-order valence-corrected chi connectivity index (χ1v) is 8.02. The van der Waals surface area contributed by atoms with Crippen molar-refractivity contribution in [1.29, 1.82) is 0 Å². The fourth-order valence-electron chi connectivity index (χ4n) is 2.55. The van der Waals surface area contributed by atoms with Crippen molar-refractivity contribution in [3.05, 3.63) is 42.6 Å². The van der Waals surface area contributed by atoms with Crippen molar-refractivity contribution in [1.82, 2.24) is 9.78 Å². The minimum atomic E-state index is -0.519. The zero-order chi connectivity index (χ0) is 17.5. The lowest BCUT2D eigenvalue weighted by Gasteiger charge is -2.32. The van der Waals surface area contributed by atoms with Gasteiger partial charge in [-0.3, -0.25) is 0 Å². The molecule has 0 N–H and O–H groups in total. The number of ether oxygens (including phenoxy) is 1. The molecular formula is C18H23BN2O3. The average molecular weight is 326 g/mol. The second kappa shape index (κ2) is 5.79. The summed E-state index contributed by atoms with van der Waals surface area (Å²) in [6, 6.07) is 7.72. The van der Waals surface area contributed by atoms with Gasteiger partial charge < -0.3 is 14.0 Å². The molecule has 2 heterocycles. The summed E-state index contributed by atoms with van der Waals surface area (Å²) in [5.41, 5.74) is 0.863. The maximum absolute atomic E-state index is 6.12. The van der Waals surface area contributed by atoms with Crippen LogP contribution in [-0.2, 0) is 16.4 Å². The Morgan fingerprint density at radius 1 is 1.17 bits per heavy atom. The monoisotopic (exact) mass is 326 g/mol. The summed E-state index contributed by atoms with van der Waals surface area (Å²) in [5.74, 6) is 1.32. The van der Waals surface area contributed by atoms with Gasteiger partial charge in [0.15, 0.2) is 0 Å². The smallest absolute Gasteiger partial charge is 0.439 e. The fourth-order valence-corrected chi connectivity index (χ4v) is 2.55. The molecular weight excluding hydrogens is 303 g/mol. The molecule has 0 unspecified atom stereocenters. The van der Waals surface area contributed by atoms with Crippen molar-refractivity contribution in [2.75, 3.05) is 0 Å². The quantitative estimate of drug-likeness (QED) is 0.810. The first-order chi connectivity index (χ1) is 11.2. The van der Waals surface area contributed by atoms with E-state index in [-0.39, 0.29) is 0 Å². The highest BCUT2D eigenvalue weighted by Crippen LogP contribution is 2.37. The lowest BCUT2D eigenvalue weighted by atomic mass is 9.81. The van der Waals surface area contributed by atoms with Crippen LogP contribution < -0.4 is 10.2 Å². The third kappa shape index (κ3) is 2.76. The summed E-state index contributed by atoms with van der Waals surface area (Å²) < 4.78 is 20.0. The lowest BCUT2D eigenvalue weighted by molar-refractivity contribution is 0.00578. The minimum absolute atomic E-state index is 0.413. The van der Waals surface area contributed by atoms with Gasteiger partial charge in [0.1, 0.15) is 5.75 Å². The van der Waals surface area contributed by atoms with Crippen molar-refractivity contribution in [2.24, 2.45) is 7.05 Å². The van der Waals surface area contributed by atoms with Gasteiger partial charge in [0, 0.05) is 12.6 Å². The minimum Gasteiger partial charge on any atom is -0.439 e. The van der Waals surface area contributed by atoms with Crippen molar-refractivity contribution < 1.29 is 14.0 Å². The molecule has 1 aliphatic heterocycles. The Morgan fingerprint density at radius 2 is 1.79 bits per heavy atom. The van der Waals surface area contributed by atoms with Gasteiger partial charge in [0.05, 0.1) is 22.9 Å². The Kier molecular flexibility index (Phi) is 4.05. The van der Waals surface area contributed by atoms with Gasteiger partial charge in [-0.15, -0.1) is 0 Å². The second-order valence-corrected chi connectivity index (χ2v) is 6.96. The maximum atomic E-state index is 6.12. The second-order valence-electron chi connectivity index (χ2n) is 6.96. The van der Waals surface area contributed by atoms with Crippen LogP contribution in [0.3, 0.4) is 0 Å². The van der Waals surface area contributed by atoms with Gasteiger partial charge in [0.2, 0.25) is 5.88 Å². The molecule has 1 aromatic carbocycles. The average Bonchev–Trinajstić information content (AvgIpc) is 2.97. The van der Waals surface area contributed by atoms with E-state index in [4.69, 9.17) is 14.0 Å². The molecule has 0 amide bonds. The van der Waals surface area contributed by atoms with E-state index in [1.165, 1.54) is 0 Å². The molecule has 1 saturated heterocycles. The van der Waals surface area contributed by atoms with Gasteiger partial charge >= 0.3 is 7.12 Å².